The molecular formula is C24H28BrN3O3. The fraction of sp³-hybridized carbons (Fsp3) is 0.375. The molecule has 0 saturated heterocycles. The maximum atomic E-state index is 11.1. The highest BCUT2D eigenvalue weighted by molar-refractivity contribution is 9.10. The lowest BCUT2D eigenvalue weighted by Gasteiger charge is -2.18. The molecule has 0 bridgehead atoms. The molecular weight excluding hydrogens is 458 g/mol. The van der Waals surface area contributed by atoms with E-state index in [1.807, 2.05) is 48.1 Å². The number of carboxylic acid groups (broad SMARTS) is 1. The van der Waals surface area contributed by atoms with Crippen molar-refractivity contribution in [1.29, 1.82) is 0 Å². The average molecular weight is 486 g/mol. The van der Waals surface area contributed by atoms with Gasteiger partial charge in [0.2, 0.25) is 0 Å². The molecule has 0 aliphatic carbocycles. The Balaban J connectivity index is 1.72. The molecule has 3 aromatic rings. The van der Waals surface area contributed by atoms with Gasteiger partial charge < -0.3 is 9.84 Å². The van der Waals surface area contributed by atoms with Crippen molar-refractivity contribution in [1.82, 2.24) is 14.8 Å². The second-order valence-electron chi connectivity index (χ2n) is 8.62. The Morgan fingerprint density at radius 3 is 2.61 bits per heavy atom. The van der Waals surface area contributed by atoms with Crippen molar-refractivity contribution < 1.29 is 14.6 Å². The van der Waals surface area contributed by atoms with E-state index < -0.39 is 5.97 Å². The summed E-state index contributed by atoms with van der Waals surface area (Å²) in [6, 6.07) is 9.49. The summed E-state index contributed by atoms with van der Waals surface area (Å²) in [5.74, 6) is 0.587. The largest absolute Gasteiger partial charge is 0.493 e. The molecule has 0 saturated carbocycles. The van der Waals surface area contributed by atoms with E-state index in [4.69, 9.17) is 14.9 Å². The van der Waals surface area contributed by atoms with E-state index in [0.717, 1.165) is 40.0 Å². The first-order valence-corrected chi connectivity index (χ1v) is 11.1. The van der Waals surface area contributed by atoms with Crippen molar-refractivity contribution in [3.05, 3.63) is 69.6 Å². The molecule has 0 fully saturated rings. The minimum Gasteiger partial charge on any atom is -0.493 e. The summed E-state index contributed by atoms with van der Waals surface area (Å²) < 4.78 is 8.77. The monoisotopic (exact) mass is 485 g/mol. The Bertz CT molecular complexity index is 1050. The van der Waals surface area contributed by atoms with Crippen LogP contribution in [0.2, 0.25) is 0 Å². The second kappa shape index (κ2) is 9.64. The quantitative estimate of drug-likeness (QED) is 0.439. The van der Waals surface area contributed by atoms with Gasteiger partial charge in [0.05, 0.1) is 18.7 Å². The summed E-state index contributed by atoms with van der Waals surface area (Å²) >= 11 is 3.42. The zero-order chi connectivity index (χ0) is 22.6. The highest BCUT2D eigenvalue weighted by atomic mass is 79.9. The van der Waals surface area contributed by atoms with E-state index in [1.165, 1.54) is 0 Å². The summed E-state index contributed by atoms with van der Waals surface area (Å²) in [5.41, 5.74) is 3.76. The molecule has 0 amide bonds. The van der Waals surface area contributed by atoms with Crippen molar-refractivity contribution in [3.8, 4) is 11.6 Å². The van der Waals surface area contributed by atoms with Crippen LogP contribution in [-0.2, 0) is 23.1 Å². The van der Waals surface area contributed by atoms with Gasteiger partial charge in [-0.2, -0.15) is 5.10 Å². The first-order chi connectivity index (χ1) is 14.6. The van der Waals surface area contributed by atoms with Gasteiger partial charge in [0, 0.05) is 27.8 Å². The molecule has 0 spiro atoms. The third kappa shape index (κ3) is 5.94. The molecule has 1 N–H and O–H groups in total. The number of carbonyl (C=O) groups is 1. The highest BCUT2D eigenvalue weighted by Gasteiger charge is 2.23. The van der Waals surface area contributed by atoms with Crippen LogP contribution in [0.5, 0.6) is 5.75 Å². The Morgan fingerprint density at radius 2 is 1.97 bits per heavy atom. The molecule has 2 aromatic heterocycles. The van der Waals surface area contributed by atoms with Gasteiger partial charge in [0.25, 0.3) is 0 Å². The molecule has 3 rings (SSSR count). The normalized spacial score (nSPS) is 11.5. The molecule has 1 aromatic carbocycles. The van der Waals surface area contributed by atoms with Crippen molar-refractivity contribution in [3.63, 3.8) is 0 Å². The van der Waals surface area contributed by atoms with E-state index in [9.17, 15) is 4.79 Å². The van der Waals surface area contributed by atoms with E-state index in [-0.39, 0.29) is 11.8 Å². The number of aliphatic carboxylic acids is 1. The zero-order valence-corrected chi connectivity index (χ0v) is 19.9. The number of halogens is 1. The second-order valence-corrected chi connectivity index (χ2v) is 9.53. The van der Waals surface area contributed by atoms with Gasteiger partial charge in [-0.05, 0) is 59.0 Å². The number of ether oxygens (including phenoxy) is 1. The predicted molar refractivity (Wildman–Crippen MR) is 124 cm³/mol. The van der Waals surface area contributed by atoms with E-state index in [0.29, 0.717) is 17.9 Å². The van der Waals surface area contributed by atoms with Crippen LogP contribution in [-0.4, -0.2) is 32.4 Å². The van der Waals surface area contributed by atoms with Crippen LogP contribution in [0.3, 0.4) is 0 Å². The van der Waals surface area contributed by atoms with Crippen molar-refractivity contribution >= 4 is 21.9 Å². The van der Waals surface area contributed by atoms with Crippen LogP contribution >= 0.6 is 15.9 Å². The summed E-state index contributed by atoms with van der Waals surface area (Å²) in [6.45, 7) is 8.90. The molecule has 0 radical (unpaired) electrons. The van der Waals surface area contributed by atoms with Crippen molar-refractivity contribution in [2.75, 3.05) is 6.61 Å². The van der Waals surface area contributed by atoms with Gasteiger partial charge in [-0.3, -0.25) is 4.79 Å². The van der Waals surface area contributed by atoms with Crippen molar-refractivity contribution in [2.45, 2.75) is 52.4 Å². The molecule has 6 nitrogen and oxygen atoms in total. The maximum Gasteiger partial charge on any atom is 0.307 e. The number of aryl methyl sites for hydroxylation is 2. The number of para-hydroxylation sites is 1. The van der Waals surface area contributed by atoms with Crippen LogP contribution in [0.15, 0.2) is 47.2 Å². The van der Waals surface area contributed by atoms with Gasteiger partial charge in [-0.1, -0.05) is 39.0 Å². The molecule has 0 unspecified atom stereocenters. The van der Waals surface area contributed by atoms with Crippen LogP contribution in [0, 0.1) is 6.92 Å². The van der Waals surface area contributed by atoms with E-state index >= 15 is 0 Å². The Morgan fingerprint density at radius 1 is 1.19 bits per heavy atom. The smallest absolute Gasteiger partial charge is 0.307 e. The fourth-order valence-corrected chi connectivity index (χ4v) is 3.74. The first-order valence-electron chi connectivity index (χ1n) is 10.3. The minimum absolute atomic E-state index is 0.0435. The average Bonchev–Trinajstić information content (AvgIpc) is 3.12. The summed E-state index contributed by atoms with van der Waals surface area (Å²) in [4.78, 5) is 15.6. The van der Waals surface area contributed by atoms with Gasteiger partial charge in [-0.15, -0.1) is 0 Å². The third-order valence-corrected chi connectivity index (χ3v) is 5.39. The summed E-state index contributed by atoms with van der Waals surface area (Å²) in [7, 11) is 0. The van der Waals surface area contributed by atoms with E-state index in [1.54, 1.807) is 6.20 Å². The van der Waals surface area contributed by atoms with Gasteiger partial charge in [-0.25, -0.2) is 9.67 Å². The summed E-state index contributed by atoms with van der Waals surface area (Å²) in [6.07, 6.45) is 5.36. The Hall–Kier alpha value is -2.67. The number of hydrogen-bond donors (Lipinski definition) is 1. The Kier molecular flexibility index (Phi) is 7.15. The molecule has 0 aliphatic rings. The standard InChI is InChI=1S/C24H28BrN3O3/c1-16-7-5-8-17(13-21(29)30)22(16)31-12-6-9-18-15-28(27-23(18)24(2,3)4)20-11-10-19(25)14-26-20/h5,7-8,10-11,14-15H,6,9,12-13H2,1-4H3,(H,29,30). The van der Waals surface area contributed by atoms with Crippen LogP contribution in [0.4, 0.5) is 0 Å². The molecule has 0 atom stereocenters. The maximum absolute atomic E-state index is 11.1. The van der Waals surface area contributed by atoms with Crippen LogP contribution < -0.4 is 4.74 Å². The lowest BCUT2D eigenvalue weighted by Crippen LogP contribution is -2.15. The van der Waals surface area contributed by atoms with Crippen LogP contribution in [0.25, 0.3) is 5.82 Å². The first kappa shape index (κ1) is 23.0. The third-order valence-electron chi connectivity index (χ3n) is 4.92. The number of nitrogens with zero attached hydrogens (tertiary/aromatic N) is 3. The molecule has 31 heavy (non-hydrogen) atoms. The fourth-order valence-electron chi connectivity index (χ4n) is 3.50. The topological polar surface area (TPSA) is 77.2 Å². The molecule has 7 heteroatoms. The van der Waals surface area contributed by atoms with Crippen molar-refractivity contribution in [2.24, 2.45) is 0 Å². The Labute approximate surface area is 191 Å². The predicted octanol–water partition coefficient (Wildman–Crippen LogP) is 5.27. The number of benzene rings is 1. The van der Waals surface area contributed by atoms with E-state index in [2.05, 4.69) is 41.7 Å². The lowest BCUT2D eigenvalue weighted by molar-refractivity contribution is -0.136. The molecule has 164 valence electrons. The number of rotatable bonds is 8. The SMILES string of the molecule is Cc1cccc(CC(=O)O)c1OCCCc1cn(-c2ccc(Br)cn2)nc1C(C)(C)C. The van der Waals surface area contributed by atoms with Gasteiger partial charge >= 0.3 is 5.97 Å². The number of carboxylic acids is 1. The number of pyridine rings is 1. The number of hydrogen-bond acceptors (Lipinski definition) is 4. The molecule has 0 aliphatic heterocycles. The van der Waals surface area contributed by atoms with Crippen LogP contribution in [0.1, 0.15) is 49.6 Å². The summed E-state index contributed by atoms with van der Waals surface area (Å²) in [5, 5.41) is 14.0. The lowest BCUT2D eigenvalue weighted by atomic mass is 9.88. The molecule has 2 heterocycles. The van der Waals surface area contributed by atoms with Gasteiger partial charge in [0.15, 0.2) is 5.82 Å². The highest BCUT2D eigenvalue weighted by Crippen LogP contribution is 2.27. The minimum atomic E-state index is -0.862. The van der Waals surface area contributed by atoms with Gasteiger partial charge in [0.1, 0.15) is 5.75 Å². The zero-order valence-electron chi connectivity index (χ0n) is 18.4. The number of aromatic nitrogens is 3.